The topological polar surface area (TPSA) is 91.3 Å². The maximum absolute atomic E-state index is 14.1. The maximum atomic E-state index is 14.1. The number of benzene rings is 2. The minimum Gasteiger partial charge on any atom is -0.461 e. The lowest BCUT2D eigenvalue weighted by atomic mass is 10.0. The molecule has 2 aromatic rings. The van der Waals surface area contributed by atoms with Crippen molar-refractivity contribution in [3.8, 4) is 0 Å². The molecule has 0 aromatic heterocycles. The molecule has 0 radical (unpaired) electrons. The van der Waals surface area contributed by atoms with Crippen LogP contribution in [0.15, 0.2) is 54.1 Å². The van der Waals surface area contributed by atoms with Crippen LogP contribution in [-0.2, 0) is 16.1 Å². The molecular weight excluding hydrogens is 442 g/mol. The highest BCUT2D eigenvalue weighted by Crippen LogP contribution is 2.30. The molecule has 6 nitrogen and oxygen atoms in total. The summed E-state index contributed by atoms with van der Waals surface area (Å²) < 4.78 is 59.1. The molecule has 10 heteroatoms. The molecule has 33 heavy (non-hydrogen) atoms. The number of hydrogen-bond acceptors (Lipinski definition) is 5. The number of carbonyl (C=O) groups is 2. The lowest BCUT2D eigenvalue weighted by Gasteiger charge is -2.17. The fourth-order valence-electron chi connectivity index (χ4n) is 2.88. The number of ether oxygens (including phenoxy) is 1. The molecule has 1 amide bonds. The summed E-state index contributed by atoms with van der Waals surface area (Å²) in [7, 11) is 0. The average molecular weight is 465 g/mol. The van der Waals surface area contributed by atoms with Gasteiger partial charge in [0.15, 0.2) is 0 Å². The first-order chi connectivity index (χ1) is 15.7. The Bertz CT molecular complexity index is 1020. The van der Waals surface area contributed by atoms with E-state index in [9.17, 15) is 27.2 Å². The second kappa shape index (κ2) is 11.8. The predicted octanol–water partition coefficient (Wildman–Crippen LogP) is 4.22. The number of allylic oxidation sites excluding steroid dienone is 1. The number of rotatable bonds is 10. The van der Waals surface area contributed by atoms with Gasteiger partial charge < -0.3 is 20.8 Å². The van der Waals surface area contributed by atoms with E-state index in [-0.39, 0.29) is 43.5 Å². The fraction of sp³-hybridized carbons (Fsp3) is 0.261. The van der Waals surface area contributed by atoms with E-state index in [0.717, 1.165) is 23.8 Å². The van der Waals surface area contributed by atoms with Gasteiger partial charge in [-0.05, 0) is 30.7 Å². The molecule has 0 heterocycles. The third-order valence-corrected chi connectivity index (χ3v) is 4.38. The molecule has 0 fully saturated rings. The summed E-state index contributed by atoms with van der Waals surface area (Å²) in [4.78, 5) is 24.2. The standard InChI is InChI=1S/C23H23F4N3O3/c1-2-29-21(19(13-28)23(25,26)27)16-10-17(12-18(24)11-16)22(32)30-9-8-20(31)33-14-15-6-4-3-5-7-15/h3-7,10-13,28-29H,2,8-9,14H2,1H3,(H,30,32)/b21-19+,28-13?. The molecular formula is C23H23F4N3O3. The molecule has 0 spiro atoms. The summed E-state index contributed by atoms with van der Waals surface area (Å²) in [6, 6.07) is 11.8. The molecule has 0 aliphatic carbocycles. The zero-order valence-electron chi connectivity index (χ0n) is 17.8. The molecule has 0 bridgehead atoms. The molecule has 2 rings (SSSR count). The lowest BCUT2D eigenvalue weighted by Crippen LogP contribution is -2.27. The van der Waals surface area contributed by atoms with E-state index in [1.165, 1.54) is 0 Å². The van der Waals surface area contributed by atoms with Crippen molar-refractivity contribution in [2.45, 2.75) is 26.1 Å². The summed E-state index contributed by atoms with van der Waals surface area (Å²) in [5, 5.41) is 12.0. The van der Waals surface area contributed by atoms with Gasteiger partial charge in [-0.2, -0.15) is 13.2 Å². The number of carbonyl (C=O) groups excluding carboxylic acids is 2. The monoisotopic (exact) mass is 465 g/mol. The first-order valence-electron chi connectivity index (χ1n) is 10.00. The summed E-state index contributed by atoms with van der Waals surface area (Å²) in [6.45, 7) is 1.59. The van der Waals surface area contributed by atoms with E-state index in [2.05, 4.69) is 10.6 Å². The highest BCUT2D eigenvalue weighted by Gasteiger charge is 2.35. The van der Waals surface area contributed by atoms with Gasteiger partial charge in [0.25, 0.3) is 5.91 Å². The van der Waals surface area contributed by atoms with E-state index < -0.39 is 35.1 Å². The predicted molar refractivity (Wildman–Crippen MR) is 115 cm³/mol. The van der Waals surface area contributed by atoms with Gasteiger partial charge in [-0.3, -0.25) is 9.59 Å². The SMILES string of the molecule is CCN/C(=C(\C=N)C(F)(F)F)c1cc(F)cc(C(=O)NCCC(=O)OCc2ccccc2)c1. The Kier molecular flexibility index (Phi) is 9.14. The number of hydrogen-bond donors (Lipinski definition) is 3. The fourth-order valence-corrected chi connectivity index (χ4v) is 2.88. The Morgan fingerprint density at radius 3 is 2.33 bits per heavy atom. The van der Waals surface area contributed by atoms with Crippen LogP contribution < -0.4 is 10.6 Å². The van der Waals surface area contributed by atoms with Gasteiger partial charge in [0, 0.05) is 30.4 Å². The van der Waals surface area contributed by atoms with Gasteiger partial charge >= 0.3 is 12.1 Å². The Balaban J connectivity index is 2.08. The van der Waals surface area contributed by atoms with Crippen molar-refractivity contribution in [1.29, 1.82) is 5.41 Å². The largest absolute Gasteiger partial charge is 0.461 e. The molecule has 0 unspecified atom stereocenters. The van der Waals surface area contributed by atoms with Crippen LogP contribution in [0.4, 0.5) is 17.6 Å². The van der Waals surface area contributed by atoms with Crippen LogP contribution in [-0.4, -0.2) is 37.4 Å². The van der Waals surface area contributed by atoms with Crippen LogP contribution >= 0.6 is 0 Å². The van der Waals surface area contributed by atoms with E-state index in [0.29, 0.717) is 0 Å². The summed E-state index contributed by atoms with van der Waals surface area (Å²) in [5.74, 6) is -2.26. The molecule has 0 aliphatic rings. The molecule has 0 saturated carbocycles. The Hall–Kier alpha value is -3.69. The van der Waals surface area contributed by atoms with E-state index in [1.807, 2.05) is 6.07 Å². The Morgan fingerprint density at radius 1 is 1.06 bits per heavy atom. The second-order valence-corrected chi connectivity index (χ2v) is 6.84. The number of amides is 1. The first-order valence-corrected chi connectivity index (χ1v) is 10.00. The smallest absolute Gasteiger partial charge is 0.419 e. The molecule has 0 atom stereocenters. The minimum atomic E-state index is -4.85. The van der Waals surface area contributed by atoms with Crippen molar-refractivity contribution in [2.75, 3.05) is 13.1 Å². The summed E-state index contributed by atoms with van der Waals surface area (Å²) >= 11 is 0. The minimum absolute atomic E-state index is 0.0753. The molecule has 0 aliphatic heterocycles. The number of halogens is 4. The van der Waals surface area contributed by atoms with Crippen LogP contribution in [0, 0.1) is 11.2 Å². The van der Waals surface area contributed by atoms with Gasteiger partial charge in [0.05, 0.1) is 17.7 Å². The lowest BCUT2D eigenvalue weighted by molar-refractivity contribution is -0.144. The Labute approximate surface area is 188 Å². The molecule has 2 aromatic carbocycles. The van der Waals surface area contributed by atoms with E-state index in [1.54, 1.807) is 31.2 Å². The number of nitrogens with one attached hydrogen (secondary N) is 3. The van der Waals surface area contributed by atoms with Crippen LogP contribution in [0.1, 0.15) is 34.8 Å². The number of alkyl halides is 3. The maximum Gasteiger partial charge on any atom is 0.419 e. The van der Waals surface area contributed by atoms with Gasteiger partial charge in [0.1, 0.15) is 12.4 Å². The first kappa shape index (κ1) is 25.6. The third-order valence-electron chi connectivity index (χ3n) is 4.38. The van der Waals surface area contributed by atoms with E-state index in [4.69, 9.17) is 10.1 Å². The average Bonchev–Trinajstić information content (AvgIpc) is 2.77. The molecule has 176 valence electrons. The summed E-state index contributed by atoms with van der Waals surface area (Å²) in [5.41, 5.74) is -1.49. The van der Waals surface area contributed by atoms with Crippen molar-refractivity contribution in [3.63, 3.8) is 0 Å². The highest BCUT2D eigenvalue weighted by molar-refractivity contribution is 5.96. The van der Waals surface area contributed by atoms with Gasteiger partial charge in [-0.25, -0.2) is 4.39 Å². The third kappa shape index (κ3) is 7.74. The van der Waals surface area contributed by atoms with E-state index >= 15 is 0 Å². The Morgan fingerprint density at radius 2 is 1.73 bits per heavy atom. The number of esters is 1. The van der Waals surface area contributed by atoms with Gasteiger partial charge in [-0.15, -0.1) is 0 Å². The quantitative estimate of drug-likeness (QED) is 0.278. The van der Waals surface area contributed by atoms with Gasteiger partial charge in [0.2, 0.25) is 0 Å². The van der Waals surface area contributed by atoms with Crippen molar-refractivity contribution >= 4 is 23.8 Å². The van der Waals surface area contributed by atoms with Crippen LogP contribution in [0.25, 0.3) is 5.70 Å². The van der Waals surface area contributed by atoms with Gasteiger partial charge in [-0.1, -0.05) is 30.3 Å². The molecule has 0 saturated heterocycles. The zero-order valence-corrected chi connectivity index (χ0v) is 17.8. The van der Waals surface area contributed by atoms with Crippen LogP contribution in [0.2, 0.25) is 0 Å². The molecule has 3 N–H and O–H groups in total. The second-order valence-electron chi connectivity index (χ2n) is 6.84. The van der Waals surface area contributed by atoms with Crippen LogP contribution in [0.3, 0.4) is 0 Å². The highest BCUT2D eigenvalue weighted by atomic mass is 19.4. The summed E-state index contributed by atoms with van der Waals surface area (Å²) in [6.07, 6.45) is -4.87. The van der Waals surface area contributed by atoms with Crippen LogP contribution in [0.5, 0.6) is 0 Å². The zero-order chi connectivity index (χ0) is 24.4. The van der Waals surface area contributed by atoms with Crippen molar-refractivity contribution in [1.82, 2.24) is 10.6 Å². The van der Waals surface area contributed by atoms with Crippen molar-refractivity contribution in [2.24, 2.45) is 0 Å². The van der Waals surface area contributed by atoms with Crippen molar-refractivity contribution in [3.05, 3.63) is 76.6 Å². The normalized spacial score (nSPS) is 11.9. The van der Waals surface area contributed by atoms with Crippen molar-refractivity contribution < 1.29 is 31.9 Å².